The maximum Gasteiger partial charge on any atom is 0.319 e. The number of nitrogens with zero attached hydrogens (tertiary/aromatic N) is 1. The molecule has 0 radical (unpaired) electrons. The Balaban J connectivity index is 2.51. The van der Waals surface area contributed by atoms with E-state index < -0.39 is 23.4 Å². The average Bonchev–Trinajstić information content (AvgIpc) is 2.23. The molecule has 0 spiro atoms. The summed E-state index contributed by atoms with van der Waals surface area (Å²) in [6.45, 7) is 1.04. The normalized spacial score (nSPS) is 10.4. The molecule has 0 saturated heterocycles. The highest BCUT2D eigenvalue weighted by Gasteiger charge is 2.10. The molecule has 0 atom stereocenters. The number of para-hydroxylation sites is 1. The monoisotopic (exact) mass is 243 g/mol. The van der Waals surface area contributed by atoms with Gasteiger partial charge in [0.15, 0.2) is 0 Å². The van der Waals surface area contributed by atoms with Gasteiger partial charge in [-0.1, -0.05) is 6.07 Å². The van der Waals surface area contributed by atoms with Crippen LogP contribution in [0, 0.1) is 11.6 Å². The van der Waals surface area contributed by atoms with Gasteiger partial charge in [0.05, 0.1) is 0 Å². The zero-order valence-corrected chi connectivity index (χ0v) is 9.76. The molecule has 1 aromatic rings. The van der Waals surface area contributed by atoms with Crippen molar-refractivity contribution in [3.8, 4) is 0 Å². The number of rotatable bonds is 4. The lowest BCUT2D eigenvalue weighted by Gasteiger charge is -2.11. The number of urea groups is 1. The fourth-order valence-corrected chi connectivity index (χ4v) is 1.17. The summed E-state index contributed by atoms with van der Waals surface area (Å²) >= 11 is 0. The molecule has 2 amide bonds. The first-order chi connectivity index (χ1) is 8.00. The molecular formula is C11H15F2N3O. The number of carbonyl (C=O) groups is 1. The van der Waals surface area contributed by atoms with E-state index in [4.69, 9.17) is 0 Å². The molecule has 0 aliphatic heterocycles. The van der Waals surface area contributed by atoms with Crippen LogP contribution in [0.2, 0.25) is 0 Å². The third-order valence-electron chi connectivity index (χ3n) is 2.05. The zero-order chi connectivity index (χ0) is 12.8. The smallest absolute Gasteiger partial charge is 0.319 e. The third-order valence-corrected chi connectivity index (χ3v) is 2.05. The van der Waals surface area contributed by atoms with Gasteiger partial charge in [0.2, 0.25) is 0 Å². The number of anilines is 1. The maximum absolute atomic E-state index is 13.2. The highest BCUT2D eigenvalue weighted by Crippen LogP contribution is 2.17. The lowest BCUT2D eigenvalue weighted by Crippen LogP contribution is -2.34. The van der Waals surface area contributed by atoms with Crippen LogP contribution in [-0.2, 0) is 0 Å². The summed E-state index contributed by atoms with van der Waals surface area (Å²) in [6.07, 6.45) is 0. The van der Waals surface area contributed by atoms with Crippen LogP contribution in [0.25, 0.3) is 0 Å². The van der Waals surface area contributed by atoms with Crippen molar-refractivity contribution in [1.82, 2.24) is 10.2 Å². The van der Waals surface area contributed by atoms with E-state index in [-0.39, 0.29) is 0 Å². The molecule has 0 bridgehead atoms. The number of likely N-dealkylation sites (N-methyl/N-ethyl adjacent to an activating group) is 1. The summed E-state index contributed by atoms with van der Waals surface area (Å²) in [5.74, 6) is -1.60. The second kappa shape index (κ2) is 6.15. The van der Waals surface area contributed by atoms with E-state index in [9.17, 15) is 13.6 Å². The van der Waals surface area contributed by atoms with E-state index in [1.54, 1.807) is 0 Å². The molecule has 17 heavy (non-hydrogen) atoms. The van der Waals surface area contributed by atoms with Gasteiger partial charge in [-0.15, -0.1) is 0 Å². The largest absolute Gasteiger partial charge is 0.337 e. The highest BCUT2D eigenvalue weighted by atomic mass is 19.1. The second-order valence-corrected chi connectivity index (χ2v) is 3.78. The topological polar surface area (TPSA) is 44.4 Å². The van der Waals surface area contributed by atoms with Crippen LogP contribution in [0.3, 0.4) is 0 Å². The number of hydrogen-bond acceptors (Lipinski definition) is 2. The first kappa shape index (κ1) is 13.4. The Morgan fingerprint density at radius 2 is 1.88 bits per heavy atom. The molecule has 0 heterocycles. The molecule has 0 saturated carbocycles. The summed E-state index contributed by atoms with van der Waals surface area (Å²) in [7, 11) is 3.71. The van der Waals surface area contributed by atoms with E-state index in [1.807, 2.05) is 19.0 Å². The molecule has 2 N–H and O–H groups in total. The standard InChI is InChI=1S/C11H15F2N3O/c1-16(2)7-6-14-11(17)15-10-8(12)4-3-5-9(10)13/h3-5H,6-7H2,1-2H3,(H2,14,15,17). The van der Waals surface area contributed by atoms with Crippen molar-refractivity contribution in [1.29, 1.82) is 0 Å². The van der Waals surface area contributed by atoms with Gasteiger partial charge in [0.1, 0.15) is 17.3 Å². The van der Waals surface area contributed by atoms with Crippen molar-refractivity contribution >= 4 is 11.7 Å². The molecule has 6 heteroatoms. The summed E-state index contributed by atoms with van der Waals surface area (Å²) in [5.41, 5.74) is -0.435. The van der Waals surface area contributed by atoms with E-state index in [0.29, 0.717) is 13.1 Å². The number of halogens is 2. The third kappa shape index (κ3) is 4.36. The van der Waals surface area contributed by atoms with Gasteiger partial charge in [0.25, 0.3) is 0 Å². The average molecular weight is 243 g/mol. The molecule has 0 fully saturated rings. The van der Waals surface area contributed by atoms with Gasteiger partial charge in [-0.25, -0.2) is 13.6 Å². The molecular weight excluding hydrogens is 228 g/mol. The lowest BCUT2D eigenvalue weighted by molar-refractivity contribution is 0.250. The number of carbonyl (C=O) groups excluding carboxylic acids is 1. The van der Waals surface area contributed by atoms with Crippen LogP contribution >= 0.6 is 0 Å². The first-order valence-corrected chi connectivity index (χ1v) is 5.14. The van der Waals surface area contributed by atoms with E-state index in [2.05, 4.69) is 10.6 Å². The molecule has 0 aliphatic rings. The predicted molar refractivity (Wildman–Crippen MR) is 61.9 cm³/mol. The maximum atomic E-state index is 13.2. The van der Waals surface area contributed by atoms with Crippen molar-refractivity contribution in [2.45, 2.75) is 0 Å². The van der Waals surface area contributed by atoms with Crippen LogP contribution in [0.5, 0.6) is 0 Å². The van der Waals surface area contributed by atoms with Gasteiger partial charge in [0, 0.05) is 13.1 Å². The number of amides is 2. The SMILES string of the molecule is CN(C)CCNC(=O)Nc1c(F)cccc1F. The zero-order valence-electron chi connectivity index (χ0n) is 9.76. The first-order valence-electron chi connectivity index (χ1n) is 5.14. The number of benzene rings is 1. The quantitative estimate of drug-likeness (QED) is 0.844. The van der Waals surface area contributed by atoms with Gasteiger partial charge in [-0.3, -0.25) is 0 Å². The van der Waals surface area contributed by atoms with Crippen molar-refractivity contribution in [2.75, 3.05) is 32.5 Å². The summed E-state index contributed by atoms with van der Waals surface area (Å²) in [6, 6.07) is 2.77. The Labute approximate surface area is 98.6 Å². The molecule has 0 aliphatic carbocycles. The van der Waals surface area contributed by atoms with Crippen LogP contribution in [0.1, 0.15) is 0 Å². The van der Waals surface area contributed by atoms with Gasteiger partial charge >= 0.3 is 6.03 Å². The highest BCUT2D eigenvalue weighted by molar-refractivity contribution is 5.89. The Hall–Kier alpha value is -1.69. The van der Waals surface area contributed by atoms with Crippen molar-refractivity contribution in [3.63, 3.8) is 0 Å². The Morgan fingerprint density at radius 1 is 1.29 bits per heavy atom. The van der Waals surface area contributed by atoms with E-state index in [0.717, 1.165) is 12.1 Å². The van der Waals surface area contributed by atoms with Crippen LogP contribution < -0.4 is 10.6 Å². The van der Waals surface area contributed by atoms with Gasteiger partial charge in [-0.05, 0) is 26.2 Å². The molecule has 94 valence electrons. The minimum absolute atomic E-state index is 0.398. The minimum atomic E-state index is -0.798. The fourth-order valence-electron chi connectivity index (χ4n) is 1.17. The fraction of sp³-hybridized carbons (Fsp3) is 0.364. The van der Waals surface area contributed by atoms with Crippen molar-refractivity contribution in [2.24, 2.45) is 0 Å². The number of nitrogens with one attached hydrogen (secondary N) is 2. The Kier molecular flexibility index (Phi) is 4.84. The minimum Gasteiger partial charge on any atom is -0.337 e. The van der Waals surface area contributed by atoms with Crippen LogP contribution in [0.4, 0.5) is 19.3 Å². The van der Waals surface area contributed by atoms with Crippen molar-refractivity contribution < 1.29 is 13.6 Å². The molecule has 0 aromatic heterocycles. The van der Waals surface area contributed by atoms with Crippen molar-refractivity contribution in [3.05, 3.63) is 29.8 Å². The molecule has 1 rings (SSSR count). The second-order valence-electron chi connectivity index (χ2n) is 3.78. The molecule has 0 unspecified atom stereocenters. The van der Waals surface area contributed by atoms with E-state index in [1.165, 1.54) is 6.07 Å². The Bertz CT molecular complexity index is 376. The van der Waals surface area contributed by atoms with Crippen LogP contribution in [-0.4, -0.2) is 38.1 Å². The predicted octanol–water partition coefficient (Wildman–Crippen LogP) is 1.65. The summed E-state index contributed by atoms with van der Waals surface area (Å²) in [4.78, 5) is 13.2. The summed E-state index contributed by atoms with van der Waals surface area (Å²) in [5, 5.41) is 4.63. The molecule has 4 nitrogen and oxygen atoms in total. The van der Waals surface area contributed by atoms with Gasteiger partial charge < -0.3 is 15.5 Å². The van der Waals surface area contributed by atoms with E-state index >= 15 is 0 Å². The van der Waals surface area contributed by atoms with Crippen LogP contribution in [0.15, 0.2) is 18.2 Å². The van der Waals surface area contributed by atoms with Gasteiger partial charge in [-0.2, -0.15) is 0 Å². The molecule has 1 aromatic carbocycles. The Morgan fingerprint density at radius 3 is 2.41 bits per heavy atom. The number of hydrogen-bond donors (Lipinski definition) is 2. The lowest BCUT2D eigenvalue weighted by atomic mass is 10.3. The summed E-state index contributed by atoms with van der Waals surface area (Å²) < 4.78 is 26.3.